The number of halogens is 1. The van der Waals surface area contributed by atoms with Gasteiger partial charge in [0.05, 0.1) is 18.5 Å². The third-order valence-electron chi connectivity index (χ3n) is 5.45. The first-order valence-corrected chi connectivity index (χ1v) is 12.6. The van der Waals surface area contributed by atoms with Gasteiger partial charge in [-0.25, -0.2) is 4.79 Å². The predicted molar refractivity (Wildman–Crippen MR) is 125 cm³/mol. The molecule has 176 valence electrons. The smallest absolute Gasteiger partial charge is 0.333 e. The number of carboxylic acids is 1. The van der Waals surface area contributed by atoms with Crippen LogP contribution >= 0.6 is 11.6 Å². The highest BCUT2D eigenvalue weighted by Gasteiger charge is 2.47. The van der Waals surface area contributed by atoms with Crippen LogP contribution in [0.25, 0.3) is 0 Å². The molecule has 0 fully saturated rings. The lowest BCUT2D eigenvalue weighted by molar-refractivity contribution is -0.167. The van der Waals surface area contributed by atoms with Crippen LogP contribution in [0.2, 0.25) is 0 Å². The molecule has 0 aliphatic heterocycles. The fourth-order valence-corrected chi connectivity index (χ4v) is 5.34. The lowest BCUT2D eigenvalue weighted by Crippen LogP contribution is -2.50. The minimum atomic E-state index is -3.94. The van der Waals surface area contributed by atoms with Crippen LogP contribution in [-0.4, -0.2) is 43.3 Å². The van der Waals surface area contributed by atoms with Crippen molar-refractivity contribution in [3.63, 3.8) is 0 Å². The monoisotopic (exact) mass is 482 g/mol. The molecule has 0 radical (unpaired) electrons. The van der Waals surface area contributed by atoms with E-state index in [4.69, 9.17) is 20.5 Å². The largest absolute Gasteiger partial charge is 0.479 e. The van der Waals surface area contributed by atoms with Crippen molar-refractivity contribution in [3.05, 3.63) is 71.8 Å². The Hall–Kier alpha value is -1.93. The summed E-state index contributed by atoms with van der Waals surface area (Å²) in [5.41, 5.74) is 0.465. The predicted octanol–water partition coefficient (Wildman–Crippen LogP) is 4.83. The number of hydrogen-bond donors (Lipinski definition) is 1. The van der Waals surface area contributed by atoms with Gasteiger partial charge >= 0.3 is 5.97 Å². The summed E-state index contributed by atoms with van der Waals surface area (Å²) in [6, 6.07) is 18.5. The Morgan fingerprint density at radius 2 is 1.62 bits per heavy atom. The Labute approximate surface area is 195 Å². The van der Waals surface area contributed by atoms with Crippen molar-refractivity contribution in [2.75, 3.05) is 11.6 Å². The molecule has 0 amide bonds. The molecule has 0 saturated heterocycles. The van der Waals surface area contributed by atoms with Crippen LogP contribution < -0.4 is 0 Å². The zero-order chi connectivity index (χ0) is 23.8. The zero-order valence-electron chi connectivity index (χ0n) is 18.6. The number of rotatable bonds is 13. The first kappa shape index (κ1) is 26.3. The second kappa shape index (κ2) is 11.8. The molecular formula is C24H31ClO6S. The van der Waals surface area contributed by atoms with Gasteiger partial charge in [-0.2, -0.15) is 8.42 Å². The van der Waals surface area contributed by atoms with Crippen LogP contribution in [0.1, 0.15) is 44.2 Å². The van der Waals surface area contributed by atoms with Gasteiger partial charge in [-0.05, 0) is 17.5 Å². The number of carboxylic acid groups (broad SMARTS) is 1. The first-order valence-electron chi connectivity index (χ1n) is 10.5. The van der Waals surface area contributed by atoms with E-state index in [1.54, 1.807) is 13.8 Å². The van der Waals surface area contributed by atoms with E-state index in [9.17, 15) is 18.3 Å². The van der Waals surface area contributed by atoms with Crippen LogP contribution in [0.15, 0.2) is 60.7 Å². The Balaban J connectivity index is 2.38. The quantitative estimate of drug-likeness (QED) is 0.325. The second-order valence-corrected chi connectivity index (χ2v) is 10.5. The van der Waals surface area contributed by atoms with E-state index in [0.29, 0.717) is 0 Å². The van der Waals surface area contributed by atoms with Crippen molar-refractivity contribution >= 4 is 27.7 Å². The molecule has 0 saturated carbocycles. The average Bonchev–Trinajstić information content (AvgIpc) is 2.76. The van der Waals surface area contributed by atoms with Gasteiger partial charge in [0.25, 0.3) is 10.1 Å². The third-order valence-corrected chi connectivity index (χ3v) is 7.01. The minimum Gasteiger partial charge on any atom is -0.479 e. The summed E-state index contributed by atoms with van der Waals surface area (Å²) >= 11 is 5.67. The Morgan fingerprint density at radius 1 is 1.06 bits per heavy atom. The van der Waals surface area contributed by atoms with Crippen LogP contribution in [0, 0.1) is 5.41 Å². The molecule has 0 aromatic heterocycles. The fraction of sp³-hybridized carbons (Fsp3) is 0.458. The summed E-state index contributed by atoms with van der Waals surface area (Å²) in [6.07, 6.45) is -2.05. The van der Waals surface area contributed by atoms with E-state index in [0.717, 1.165) is 11.1 Å². The first-order chi connectivity index (χ1) is 15.1. The van der Waals surface area contributed by atoms with E-state index in [-0.39, 0.29) is 24.7 Å². The van der Waals surface area contributed by atoms with E-state index < -0.39 is 39.6 Å². The van der Waals surface area contributed by atoms with Crippen molar-refractivity contribution in [2.45, 2.75) is 51.9 Å². The van der Waals surface area contributed by atoms with Crippen LogP contribution in [0.3, 0.4) is 0 Å². The summed E-state index contributed by atoms with van der Waals surface area (Å²) < 4.78 is 36.9. The average molecular weight is 483 g/mol. The lowest BCUT2D eigenvalue weighted by Gasteiger charge is -2.41. The molecule has 3 atom stereocenters. The van der Waals surface area contributed by atoms with Crippen molar-refractivity contribution in [1.82, 2.24) is 0 Å². The maximum atomic E-state index is 12.7. The van der Waals surface area contributed by atoms with Crippen LogP contribution in [-0.2, 0) is 30.4 Å². The van der Waals surface area contributed by atoms with Crippen molar-refractivity contribution in [2.24, 2.45) is 5.41 Å². The summed E-state index contributed by atoms with van der Waals surface area (Å²) in [6.45, 7) is 5.23. The molecule has 2 aromatic rings. The van der Waals surface area contributed by atoms with Gasteiger partial charge < -0.3 is 9.84 Å². The summed E-state index contributed by atoms with van der Waals surface area (Å²) in [5.74, 6) is -1.66. The van der Waals surface area contributed by atoms with E-state index in [2.05, 4.69) is 0 Å². The standard InChI is InChI=1S/C24H31ClO6S/c1-18(20-13-8-5-9-14-20)21(31-32(28,29)16-10-15-25)24(2,3)22(23(26)27)30-17-19-11-6-4-7-12-19/h4-9,11-14,18,21-22H,10,15-17H2,1-3H3,(H,26,27)/t18?,21?,22-/m0/s1. The number of benzene rings is 2. The molecule has 0 spiro atoms. The summed E-state index contributed by atoms with van der Waals surface area (Å²) in [5, 5.41) is 9.98. The van der Waals surface area contributed by atoms with Gasteiger partial charge in [-0.15, -0.1) is 11.6 Å². The zero-order valence-corrected chi connectivity index (χ0v) is 20.2. The van der Waals surface area contributed by atoms with E-state index in [1.165, 1.54) is 0 Å². The highest BCUT2D eigenvalue weighted by atomic mass is 35.5. The Kier molecular flexibility index (Phi) is 9.70. The summed E-state index contributed by atoms with van der Waals surface area (Å²) in [4.78, 5) is 12.2. The molecule has 2 unspecified atom stereocenters. The Morgan fingerprint density at radius 3 is 2.16 bits per heavy atom. The number of carbonyl (C=O) groups is 1. The maximum Gasteiger partial charge on any atom is 0.333 e. The molecule has 8 heteroatoms. The van der Waals surface area contributed by atoms with Crippen molar-refractivity contribution in [1.29, 1.82) is 0 Å². The molecule has 0 bridgehead atoms. The maximum absolute atomic E-state index is 12.7. The lowest BCUT2D eigenvalue weighted by atomic mass is 9.73. The normalized spacial score (nSPS) is 15.1. The second-order valence-electron chi connectivity index (χ2n) is 8.36. The topological polar surface area (TPSA) is 89.9 Å². The van der Waals surface area contributed by atoms with Gasteiger partial charge in [-0.3, -0.25) is 4.18 Å². The molecule has 32 heavy (non-hydrogen) atoms. The van der Waals surface area contributed by atoms with Gasteiger partial charge in [0.1, 0.15) is 0 Å². The molecule has 1 N–H and O–H groups in total. The summed E-state index contributed by atoms with van der Waals surface area (Å²) in [7, 11) is -3.94. The molecule has 0 heterocycles. The minimum absolute atomic E-state index is 0.0761. The number of alkyl halides is 1. The molecule has 2 aromatic carbocycles. The van der Waals surface area contributed by atoms with E-state index >= 15 is 0 Å². The van der Waals surface area contributed by atoms with Crippen LogP contribution in [0.4, 0.5) is 0 Å². The Bertz CT molecular complexity index is 947. The van der Waals surface area contributed by atoms with Gasteiger partial charge in [0.2, 0.25) is 0 Å². The van der Waals surface area contributed by atoms with Crippen molar-refractivity contribution in [3.8, 4) is 0 Å². The number of aliphatic carboxylic acids is 1. The van der Waals surface area contributed by atoms with Gasteiger partial charge in [0.15, 0.2) is 6.10 Å². The third kappa shape index (κ3) is 7.30. The number of hydrogen-bond acceptors (Lipinski definition) is 5. The highest BCUT2D eigenvalue weighted by Crippen LogP contribution is 2.40. The van der Waals surface area contributed by atoms with Crippen LogP contribution in [0.5, 0.6) is 0 Å². The fourth-order valence-electron chi connectivity index (χ4n) is 3.73. The molecular weight excluding hydrogens is 452 g/mol. The molecule has 6 nitrogen and oxygen atoms in total. The molecule has 0 aliphatic carbocycles. The molecule has 0 aliphatic rings. The number of ether oxygens (including phenoxy) is 1. The van der Waals surface area contributed by atoms with Gasteiger partial charge in [-0.1, -0.05) is 81.4 Å². The van der Waals surface area contributed by atoms with Gasteiger partial charge in [0, 0.05) is 17.2 Å². The highest BCUT2D eigenvalue weighted by molar-refractivity contribution is 7.86. The van der Waals surface area contributed by atoms with Crippen molar-refractivity contribution < 1.29 is 27.2 Å². The molecule has 2 rings (SSSR count). The van der Waals surface area contributed by atoms with E-state index in [1.807, 2.05) is 67.6 Å². The SMILES string of the molecule is CC(c1ccccc1)C(OS(=O)(=O)CCCCl)C(C)(C)[C@@H](OCc1ccccc1)C(=O)O.